The summed E-state index contributed by atoms with van der Waals surface area (Å²) in [7, 11) is -3.63. The first-order chi connectivity index (χ1) is 9.38. The molecule has 4 nitrogen and oxygen atoms in total. The van der Waals surface area contributed by atoms with Crippen LogP contribution < -0.4 is 4.72 Å². The molecular formula is C14H12ClNO3S. The van der Waals surface area contributed by atoms with Crippen LogP contribution in [0.4, 0.5) is 5.69 Å². The molecule has 0 aliphatic heterocycles. The number of hydrogen-bond donors (Lipinski definition) is 1. The fourth-order valence-electron chi connectivity index (χ4n) is 1.60. The number of anilines is 1. The Hall–Kier alpha value is -1.85. The van der Waals surface area contributed by atoms with Crippen molar-refractivity contribution in [2.24, 2.45) is 0 Å². The van der Waals surface area contributed by atoms with E-state index in [1.54, 1.807) is 12.1 Å². The van der Waals surface area contributed by atoms with E-state index in [1.165, 1.54) is 36.4 Å². The van der Waals surface area contributed by atoms with Gasteiger partial charge >= 0.3 is 0 Å². The van der Waals surface area contributed by atoms with Gasteiger partial charge in [0.25, 0.3) is 15.3 Å². The first kappa shape index (κ1) is 14.6. The molecule has 1 N–H and O–H groups in total. The highest BCUT2D eigenvalue weighted by Gasteiger charge is 2.13. The lowest BCUT2D eigenvalue weighted by Gasteiger charge is -2.08. The van der Waals surface area contributed by atoms with Gasteiger partial charge in [-0.2, -0.15) is 0 Å². The number of aryl methyl sites for hydroxylation is 1. The second-order valence-electron chi connectivity index (χ2n) is 4.27. The first-order valence-corrected chi connectivity index (χ1v) is 7.64. The molecule has 2 aromatic carbocycles. The summed E-state index contributed by atoms with van der Waals surface area (Å²) in [6.45, 7) is 1.88. The number of rotatable bonds is 4. The van der Waals surface area contributed by atoms with Gasteiger partial charge in [0.2, 0.25) is 0 Å². The fourth-order valence-corrected chi connectivity index (χ4v) is 2.79. The smallest absolute Gasteiger partial charge is 0.261 e. The average Bonchev–Trinajstić information content (AvgIpc) is 2.39. The van der Waals surface area contributed by atoms with Crippen molar-refractivity contribution in [2.75, 3.05) is 4.72 Å². The Morgan fingerprint density at radius 3 is 2.05 bits per heavy atom. The summed E-state index contributed by atoms with van der Waals surface area (Å²) < 4.78 is 26.7. The van der Waals surface area contributed by atoms with Crippen molar-refractivity contribution < 1.29 is 13.2 Å². The van der Waals surface area contributed by atoms with Crippen LogP contribution in [0.2, 0.25) is 0 Å². The van der Waals surface area contributed by atoms with Crippen molar-refractivity contribution in [3.05, 3.63) is 59.7 Å². The summed E-state index contributed by atoms with van der Waals surface area (Å²) in [6.07, 6.45) is 0. The van der Waals surface area contributed by atoms with Crippen molar-refractivity contribution in [3.63, 3.8) is 0 Å². The molecule has 0 saturated heterocycles. The maximum atomic E-state index is 12.1. The summed E-state index contributed by atoms with van der Waals surface area (Å²) >= 11 is 5.32. The van der Waals surface area contributed by atoms with Gasteiger partial charge in [-0.1, -0.05) is 17.7 Å². The van der Waals surface area contributed by atoms with Gasteiger partial charge in [0, 0.05) is 11.3 Å². The topological polar surface area (TPSA) is 63.2 Å². The van der Waals surface area contributed by atoms with E-state index in [4.69, 9.17) is 11.6 Å². The van der Waals surface area contributed by atoms with E-state index in [1.807, 2.05) is 6.92 Å². The molecule has 0 aliphatic rings. The number of nitrogens with one attached hydrogen (secondary N) is 1. The van der Waals surface area contributed by atoms with Gasteiger partial charge in [0.15, 0.2) is 0 Å². The van der Waals surface area contributed by atoms with Gasteiger partial charge in [-0.05, 0) is 54.9 Å². The van der Waals surface area contributed by atoms with Gasteiger partial charge in [0.05, 0.1) is 4.90 Å². The Morgan fingerprint density at radius 2 is 1.55 bits per heavy atom. The zero-order valence-electron chi connectivity index (χ0n) is 10.6. The van der Waals surface area contributed by atoms with E-state index in [-0.39, 0.29) is 4.90 Å². The van der Waals surface area contributed by atoms with Gasteiger partial charge in [-0.3, -0.25) is 9.52 Å². The molecule has 0 fully saturated rings. The van der Waals surface area contributed by atoms with Crippen molar-refractivity contribution in [3.8, 4) is 0 Å². The predicted molar refractivity (Wildman–Crippen MR) is 78.6 cm³/mol. The molecule has 2 rings (SSSR count). The number of sulfonamides is 1. The van der Waals surface area contributed by atoms with Crippen molar-refractivity contribution in [2.45, 2.75) is 11.8 Å². The minimum absolute atomic E-state index is 0.181. The molecule has 0 unspecified atom stereocenters. The van der Waals surface area contributed by atoms with Crippen molar-refractivity contribution in [1.29, 1.82) is 0 Å². The number of carbonyl (C=O) groups excluding carboxylic acids is 1. The normalized spacial score (nSPS) is 11.1. The highest BCUT2D eigenvalue weighted by atomic mass is 35.5. The summed E-state index contributed by atoms with van der Waals surface area (Å²) in [5.74, 6) is 0. The maximum Gasteiger partial charge on any atom is 0.261 e. The maximum absolute atomic E-state index is 12.1. The monoisotopic (exact) mass is 309 g/mol. The molecule has 0 radical (unpaired) electrons. The molecule has 0 spiro atoms. The van der Waals surface area contributed by atoms with Gasteiger partial charge in [-0.15, -0.1) is 0 Å². The zero-order chi connectivity index (χ0) is 14.8. The second kappa shape index (κ2) is 5.64. The molecule has 0 amide bonds. The minimum atomic E-state index is -3.63. The Kier molecular flexibility index (Phi) is 4.11. The van der Waals surface area contributed by atoms with Crippen LogP contribution in [0.3, 0.4) is 0 Å². The third-order valence-corrected chi connectivity index (χ3v) is 4.31. The van der Waals surface area contributed by atoms with E-state index < -0.39 is 15.3 Å². The number of halogens is 1. The van der Waals surface area contributed by atoms with Gasteiger partial charge < -0.3 is 0 Å². The van der Waals surface area contributed by atoms with Crippen molar-refractivity contribution in [1.82, 2.24) is 0 Å². The van der Waals surface area contributed by atoms with Crippen LogP contribution >= 0.6 is 11.6 Å². The molecule has 2 aromatic rings. The molecule has 0 saturated carbocycles. The van der Waals surface area contributed by atoms with Gasteiger partial charge in [-0.25, -0.2) is 8.42 Å². The summed E-state index contributed by atoms with van der Waals surface area (Å²) in [5.41, 5.74) is 1.66. The largest absolute Gasteiger partial charge is 0.280 e. The van der Waals surface area contributed by atoms with E-state index >= 15 is 0 Å². The molecule has 0 heterocycles. The van der Waals surface area contributed by atoms with Gasteiger partial charge in [0.1, 0.15) is 0 Å². The number of carbonyl (C=O) groups is 1. The van der Waals surface area contributed by atoms with Crippen LogP contribution in [0, 0.1) is 6.92 Å². The summed E-state index contributed by atoms with van der Waals surface area (Å²) in [4.78, 5) is 11.1. The van der Waals surface area contributed by atoms with Crippen LogP contribution in [0.25, 0.3) is 0 Å². The summed E-state index contributed by atoms with van der Waals surface area (Å²) in [6, 6.07) is 12.4. The van der Waals surface area contributed by atoms with Crippen LogP contribution in [-0.2, 0) is 10.0 Å². The van der Waals surface area contributed by atoms with Crippen LogP contribution in [0.1, 0.15) is 15.9 Å². The molecule has 0 atom stereocenters. The lowest BCUT2D eigenvalue weighted by molar-refractivity contribution is 0.108. The molecule has 20 heavy (non-hydrogen) atoms. The Morgan fingerprint density at radius 1 is 1.00 bits per heavy atom. The van der Waals surface area contributed by atoms with Crippen LogP contribution in [0.5, 0.6) is 0 Å². The standard InChI is InChI=1S/C14H12ClNO3S/c1-10-2-8-13(9-3-10)20(18,19)16-12-6-4-11(5-7-12)14(15)17/h2-9,16H,1H3. The highest BCUT2D eigenvalue weighted by Crippen LogP contribution is 2.17. The summed E-state index contributed by atoms with van der Waals surface area (Å²) in [5, 5.41) is -0.585. The highest BCUT2D eigenvalue weighted by molar-refractivity contribution is 7.92. The van der Waals surface area contributed by atoms with Crippen LogP contribution in [-0.4, -0.2) is 13.7 Å². The molecular weight excluding hydrogens is 298 g/mol. The Balaban J connectivity index is 2.24. The third-order valence-electron chi connectivity index (χ3n) is 2.70. The Bertz CT molecular complexity index is 722. The molecule has 104 valence electrons. The molecule has 6 heteroatoms. The number of hydrogen-bond acceptors (Lipinski definition) is 3. The van der Waals surface area contributed by atoms with Crippen molar-refractivity contribution >= 4 is 32.6 Å². The Labute approximate surface area is 122 Å². The lowest BCUT2D eigenvalue weighted by Crippen LogP contribution is -2.12. The van der Waals surface area contributed by atoms with E-state index in [0.717, 1.165) is 5.56 Å². The third kappa shape index (κ3) is 3.37. The quantitative estimate of drug-likeness (QED) is 0.882. The number of benzene rings is 2. The zero-order valence-corrected chi connectivity index (χ0v) is 12.2. The molecule has 0 aromatic heterocycles. The molecule has 0 bridgehead atoms. The first-order valence-electron chi connectivity index (χ1n) is 5.78. The lowest BCUT2D eigenvalue weighted by atomic mass is 10.2. The van der Waals surface area contributed by atoms with Crippen LogP contribution in [0.15, 0.2) is 53.4 Å². The molecule has 0 aliphatic carbocycles. The average molecular weight is 310 g/mol. The second-order valence-corrected chi connectivity index (χ2v) is 6.30. The minimum Gasteiger partial charge on any atom is -0.280 e. The fraction of sp³-hybridized carbons (Fsp3) is 0.0714. The van der Waals surface area contributed by atoms with E-state index in [9.17, 15) is 13.2 Å². The van der Waals surface area contributed by atoms with E-state index in [2.05, 4.69) is 4.72 Å². The predicted octanol–water partition coefficient (Wildman–Crippen LogP) is 3.17. The van der Waals surface area contributed by atoms with E-state index in [0.29, 0.717) is 11.3 Å². The SMILES string of the molecule is Cc1ccc(S(=O)(=O)Nc2ccc(C(=O)Cl)cc2)cc1.